The van der Waals surface area contributed by atoms with Crippen molar-refractivity contribution >= 4 is 21.9 Å². The Morgan fingerprint density at radius 1 is 0.562 bits per heavy atom. The third kappa shape index (κ3) is 3.17. The molecule has 6 aromatic rings. The van der Waals surface area contributed by atoms with Crippen LogP contribution in [0.15, 0.2) is 114 Å². The van der Waals surface area contributed by atoms with Gasteiger partial charge in [-0.3, -0.25) is 4.98 Å². The molecule has 0 spiro atoms. The Labute approximate surface area is 186 Å². The molecule has 0 saturated heterocycles. The molecule has 2 heterocycles. The van der Waals surface area contributed by atoms with Crippen LogP contribution in [0.1, 0.15) is 5.69 Å². The number of furan rings is 1. The average molecular weight is 412 g/mol. The summed E-state index contributed by atoms with van der Waals surface area (Å²) in [6, 6.07) is 38.0. The van der Waals surface area contributed by atoms with Gasteiger partial charge in [0.05, 0.1) is 5.69 Å². The molecule has 0 bridgehead atoms. The lowest BCUT2D eigenvalue weighted by molar-refractivity contribution is 0.670. The van der Waals surface area contributed by atoms with Crippen LogP contribution in [0.2, 0.25) is 0 Å². The third-order valence-corrected chi connectivity index (χ3v) is 5.98. The maximum Gasteiger partial charge on any atom is 0.143 e. The Morgan fingerprint density at radius 2 is 1.28 bits per heavy atom. The number of para-hydroxylation sites is 2. The van der Waals surface area contributed by atoms with Crippen molar-refractivity contribution in [3.63, 3.8) is 0 Å². The number of nitrogens with zero attached hydrogens (tertiary/aromatic N) is 1. The maximum absolute atomic E-state index is 6.22. The van der Waals surface area contributed by atoms with Crippen LogP contribution in [-0.2, 0) is 0 Å². The summed E-state index contributed by atoms with van der Waals surface area (Å²) in [5.74, 6) is 0. The van der Waals surface area contributed by atoms with E-state index in [4.69, 9.17) is 4.42 Å². The van der Waals surface area contributed by atoms with Crippen LogP contribution in [0.3, 0.4) is 0 Å². The zero-order valence-corrected chi connectivity index (χ0v) is 17.7. The summed E-state index contributed by atoms with van der Waals surface area (Å²) in [4.78, 5) is 4.67. The Bertz CT molecular complexity index is 1570. The third-order valence-electron chi connectivity index (χ3n) is 5.98. The number of benzene rings is 4. The molecule has 6 rings (SSSR count). The van der Waals surface area contributed by atoms with Gasteiger partial charge < -0.3 is 4.42 Å². The highest BCUT2D eigenvalue weighted by Gasteiger charge is 2.12. The van der Waals surface area contributed by atoms with Crippen molar-refractivity contribution in [1.29, 1.82) is 0 Å². The molecule has 0 fully saturated rings. The summed E-state index contributed by atoms with van der Waals surface area (Å²) >= 11 is 0. The molecule has 0 amide bonds. The van der Waals surface area contributed by atoms with Gasteiger partial charge in [-0.25, -0.2) is 0 Å². The van der Waals surface area contributed by atoms with Gasteiger partial charge in [0.15, 0.2) is 0 Å². The van der Waals surface area contributed by atoms with Crippen LogP contribution in [0, 0.1) is 6.92 Å². The first-order valence-electron chi connectivity index (χ1n) is 10.8. The largest absolute Gasteiger partial charge is 0.455 e. The molecule has 0 aliphatic heterocycles. The number of aromatic nitrogens is 1. The van der Waals surface area contributed by atoms with E-state index < -0.39 is 0 Å². The Balaban J connectivity index is 1.39. The second-order valence-electron chi connectivity index (χ2n) is 8.10. The number of aryl methyl sites for hydroxylation is 1. The molecule has 32 heavy (non-hydrogen) atoms. The van der Waals surface area contributed by atoms with Crippen molar-refractivity contribution in [1.82, 2.24) is 4.98 Å². The second-order valence-corrected chi connectivity index (χ2v) is 8.10. The summed E-state index contributed by atoms with van der Waals surface area (Å²) in [7, 11) is 0. The van der Waals surface area contributed by atoms with E-state index >= 15 is 0 Å². The molecule has 0 unspecified atom stereocenters. The van der Waals surface area contributed by atoms with E-state index in [0.717, 1.165) is 50.0 Å². The summed E-state index contributed by atoms with van der Waals surface area (Å²) in [5, 5.41) is 2.31. The first kappa shape index (κ1) is 18.6. The van der Waals surface area contributed by atoms with E-state index in [9.17, 15) is 0 Å². The number of pyridine rings is 1. The first-order valence-corrected chi connectivity index (χ1v) is 10.8. The zero-order valence-electron chi connectivity index (χ0n) is 17.7. The molecule has 0 aliphatic carbocycles. The topological polar surface area (TPSA) is 26.0 Å². The molecule has 4 aromatic carbocycles. The van der Waals surface area contributed by atoms with Gasteiger partial charge in [0, 0.05) is 27.6 Å². The maximum atomic E-state index is 6.22. The highest BCUT2D eigenvalue weighted by Crippen LogP contribution is 2.36. The van der Waals surface area contributed by atoms with E-state index in [1.807, 2.05) is 25.1 Å². The number of hydrogen-bond acceptors (Lipinski definition) is 2. The molecule has 0 saturated carbocycles. The number of fused-ring (bicyclic) bond motifs is 3. The lowest BCUT2D eigenvalue weighted by atomic mass is 9.97. The fourth-order valence-electron chi connectivity index (χ4n) is 4.38. The van der Waals surface area contributed by atoms with Gasteiger partial charge in [-0.05, 0) is 47.9 Å². The van der Waals surface area contributed by atoms with E-state index in [0.29, 0.717) is 0 Å². The molecule has 0 N–H and O–H groups in total. The highest BCUT2D eigenvalue weighted by atomic mass is 16.3. The summed E-state index contributed by atoms with van der Waals surface area (Å²) in [6.07, 6.45) is 0. The standard InChI is InChI=1S/C30H21NO/c1-20-7-4-13-28(31-20)24-9-5-8-23(19-24)21-15-17-22(18-16-21)25-11-6-12-27-26-10-2-3-14-29(26)32-30(25)27/h2-19H,1H3. The van der Waals surface area contributed by atoms with Crippen LogP contribution >= 0.6 is 0 Å². The van der Waals surface area contributed by atoms with Crippen LogP contribution in [-0.4, -0.2) is 4.98 Å². The van der Waals surface area contributed by atoms with Gasteiger partial charge in [0.25, 0.3) is 0 Å². The van der Waals surface area contributed by atoms with Crippen LogP contribution in [0.25, 0.3) is 55.4 Å². The monoisotopic (exact) mass is 411 g/mol. The van der Waals surface area contributed by atoms with Crippen molar-refractivity contribution in [3.05, 3.63) is 115 Å². The summed E-state index contributed by atoms with van der Waals surface area (Å²) < 4.78 is 6.22. The normalized spacial score (nSPS) is 11.3. The number of hydrogen-bond donors (Lipinski definition) is 0. The van der Waals surface area contributed by atoms with Gasteiger partial charge >= 0.3 is 0 Å². The van der Waals surface area contributed by atoms with Gasteiger partial charge in [-0.15, -0.1) is 0 Å². The van der Waals surface area contributed by atoms with Gasteiger partial charge in [-0.2, -0.15) is 0 Å². The Morgan fingerprint density at radius 3 is 2.16 bits per heavy atom. The quantitative estimate of drug-likeness (QED) is 0.293. The van der Waals surface area contributed by atoms with E-state index in [1.165, 1.54) is 11.1 Å². The molecule has 2 aromatic heterocycles. The highest BCUT2D eigenvalue weighted by molar-refractivity contribution is 6.09. The van der Waals surface area contributed by atoms with E-state index in [-0.39, 0.29) is 0 Å². The predicted octanol–water partition coefficient (Wildman–Crippen LogP) is 8.29. The SMILES string of the molecule is Cc1cccc(-c2cccc(-c3ccc(-c4cccc5c4oc4ccccc45)cc3)c2)n1. The lowest BCUT2D eigenvalue weighted by Gasteiger charge is -2.08. The van der Waals surface area contributed by atoms with Crippen LogP contribution in [0.4, 0.5) is 0 Å². The van der Waals surface area contributed by atoms with Crippen molar-refractivity contribution in [2.75, 3.05) is 0 Å². The van der Waals surface area contributed by atoms with Crippen molar-refractivity contribution in [2.24, 2.45) is 0 Å². The minimum Gasteiger partial charge on any atom is -0.455 e. The van der Waals surface area contributed by atoms with Gasteiger partial charge in [0.1, 0.15) is 11.2 Å². The Kier molecular flexibility index (Phi) is 4.36. The molecule has 2 heteroatoms. The number of rotatable bonds is 3. The Hall–Kier alpha value is -4.17. The van der Waals surface area contributed by atoms with Crippen molar-refractivity contribution in [2.45, 2.75) is 6.92 Å². The summed E-state index contributed by atoms with van der Waals surface area (Å²) in [6.45, 7) is 2.02. The minimum atomic E-state index is 0.924. The van der Waals surface area contributed by atoms with E-state index in [1.54, 1.807) is 0 Å². The predicted molar refractivity (Wildman–Crippen MR) is 133 cm³/mol. The molecular weight excluding hydrogens is 390 g/mol. The lowest BCUT2D eigenvalue weighted by Crippen LogP contribution is -1.87. The molecule has 0 atom stereocenters. The molecule has 2 nitrogen and oxygen atoms in total. The molecule has 152 valence electrons. The van der Waals surface area contributed by atoms with Crippen molar-refractivity contribution < 1.29 is 4.42 Å². The first-order chi connectivity index (χ1) is 15.8. The minimum absolute atomic E-state index is 0.924. The van der Waals surface area contributed by atoms with Gasteiger partial charge in [-0.1, -0.05) is 84.9 Å². The van der Waals surface area contributed by atoms with Crippen LogP contribution < -0.4 is 0 Å². The van der Waals surface area contributed by atoms with Gasteiger partial charge in [0.2, 0.25) is 0 Å². The second kappa shape index (κ2) is 7.51. The smallest absolute Gasteiger partial charge is 0.143 e. The fourth-order valence-corrected chi connectivity index (χ4v) is 4.38. The van der Waals surface area contributed by atoms with Crippen LogP contribution in [0.5, 0.6) is 0 Å². The molecular formula is C30H21NO. The van der Waals surface area contributed by atoms with E-state index in [2.05, 4.69) is 96.0 Å². The molecule has 0 aliphatic rings. The summed E-state index contributed by atoms with van der Waals surface area (Å²) in [5.41, 5.74) is 9.64. The fraction of sp³-hybridized carbons (Fsp3) is 0.0333. The molecule has 0 radical (unpaired) electrons. The zero-order chi connectivity index (χ0) is 21.5. The van der Waals surface area contributed by atoms with Crippen molar-refractivity contribution in [3.8, 4) is 33.5 Å². The average Bonchev–Trinajstić information content (AvgIpc) is 3.23.